The molecule has 2 aliphatic heterocycles. The topological polar surface area (TPSA) is 74.2 Å². The number of aliphatic imine (C=N–C) groups is 1. The first kappa shape index (κ1) is 23.4. The van der Waals surface area contributed by atoms with Crippen LogP contribution in [0.2, 0.25) is 0 Å². The van der Waals surface area contributed by atoms with Gasteiger partial charge in [-0.25, -0.2) is 4.79 Å². The van der Waals surface area contributed by atoms with E-state index in [0.717, 1.165) is 36.9 Å². The first-order valence-electron chi connectivity index (χ1n) is 12.7. The van der Waals surface area contributed by atoms with Crippen LogP contribution >= 0.6 is 0 Å². The number of amides is 3. The first-order chi connectivity index (χ1) is 17.0. The number of likely N-dealkylation sites (tertiary alicyclic amines) is 1. The van der Waals surface area contributed by atoms with Crippen molar-refractivity contribution >= 4 is 23.5 Å². The van der Waals surface area contributed by atoms with Crippen molar-refractivity contribution in [1.82, 2.24) is 10.2 Å². The number of nitrogens with zero attached hydrogens (tertiary/aromatic N) is 3. The fraction of sp³-hybridized carbons (Fsp3) is 0.464. The average molecular weight is 475 g/mol. The van der Waals surface area contributed by atoms with E-state index in [4.69, 9.17) is 9.73 Å². The average Bonchev–Trinajstić information content (AvgIpc) is 3.14. The molecule has 0 radical (unpaired) electrons. The normalized spacial score (nSPS) is 24.2. The summed E-state index contributed by atoms with van der Waals surface area (Å²) in [5, 5.41) is 3.11. The monoisotopic (exact) mass is 474 g/mol. The van der Waals surface area contributed by atoms with Crippen LogP contribution in [0.25, 0.3) is 0 Å². The Bertz CT molecular complexity index is 1120. The molecule has 1 saturated carbocycles. The van der Waals surface area contributed by atoms with E-state index in [1.54, 1.807) is 7.11 Å². The van der Waals surface area contributed by atoms with Crippen molar-refractivity contribution in [3.05, 3.63) is 59.7 Å². The van der Waals surface area contributed by atoms with E-state index in [2.05, 4.69) is 5.32 Å². The van der Waals surface area contributed by atoms with Crippen molar-refractivity contribution in [3.8, 4) is 5.75 Å². The van der Waals surface area contributed by atoms with Gasteiger partial charge in [-0.15, -0.1) is 0 Å². The highest BCUT2D eigenvalue weighted by molar-refractivity contribution is 6.19. The van der Waals surface area contributed by atoms with Crippen LogP contribution in [-0.2, 0) is 0 Å². The third kappa shape index (κ3) is 4.51. The highest BCUT2D eigenvalue weighted by Crippen LogP contribution is 2.39. The second-order valence-electron chi connectivity index (χ2n) is 9.96. The molecule has 3 amide bonds. The van der Waals surface area contributed by atoms with E-state index in [1.165, 1.54) is 19.3 Å². The summed E-state index contributed by atoms with van der Waals surface area (Å²) in [4.78, 5) is 35.8. The maximum Gasteiger partial charge on any atom is 0.328 e. The molecule has 2 heterocycles. The second-order valence-corrected chi connectivity index (χ2v) is 9.96. The van der Waals surface area contributed by atoms with Crippen LogP contribution in [0.4, 0.5) is 10.5 Å². The molecule has 5 rings (SSSR count). The molecule has 1 unspecified atom stereocenters. The van der Waals surface area contributed by atoms with Gasteiger partial charge in [0, 0.05) is 18.2 Å². The van der Waals surface area contributed by atoms with Gasteiger partial charge in [0.1, 0.15) is 17.1 Å². The number of benzene rings is 2. The molecular weight excluding hydrogens is 440 g/mol. The molecule has 2 saturated heterocycles. The molecule has 1 spiro atoms. The van der Waals surface area contributed by atoms with E-state index in [-0.39, 0.29) is 18.0 Å². The van der Waals surface area contributed by atoms with Gasteiger partial charge in [0.2, 0.25) is 0 Å². The van der Waals surface area contributed by atoms with Crippen molar-refractivity contribution in [2.75, 3.05) is 25.1 Å². The molecule has 1 atom stereocenters. The Balaban J connectivity index is 1.54. The van der Waals surface area contributed by atoms with Gasteiger partial charge in [0.05, 0.1) is 25.4 Å². The fourth-order valence-electron chi connectivity index (χ4n) is 5.70. The number of anilines is 1. The molecule has 0 aromatic heterocycles. The second kappa shape index (κ2) is 9.72. The maximum atomic E-state index is 13.5. The lowest BCUT2D eigenvalue weighted by Gasteiger charge is -2.44. The summed E-state index contributed by atoms with van der Waals surface area (Å²) in [6.45, 7) is 3.08. The minimum absolute atomic E-state index is 0.00830. The van der Waals surface area contributed by atoms with Gasteiger partial charge in [0.15, 0.2) is 0 Å². The van der Waals surface area contributed by atoms with Crippen LogP contribution in [0.1, 0.15) is 60.9 Å². The summed E-state index contributed by atoms with van der Waals surface area (Å²) < 4.78 is 5.45. The predicted octanol–water partition coefficient (Wildman–Crippen LogP) is 4.94. The molecular formula is C28H34N4O3. The Hall–Kier alpha value is -3.35. The third-order valence-electron chi connectivity index (χ3n) is 7.55. The Labute approximate surface area is 207 Å². The number of urea groups is 1. The zero-order chi connectivity index (χ0) is 24.4. The number of hydrogen-bond acceptors (Lipinski definition) is 4. The number of piperidine rings is 1. The number of nitrogens with one attached hydrogen (secondary N) is 1. The van der Waals surface area contributed by atoms with E-state index in [0.29, 0.717) is 30.2 Å². The Kier molecular flexibility index (Phi) is 6.50. The maximum absolute atomic E-state index is 13.5. The largest absolute Gasteiger partial charge is 0.497 e. The van der Waals surface area contributed by atoms with Gasteiger partial charge in [0.25, 0.3) is 5.91 Å². The Morgan fingerprint density at radius 1 is 1.09 bits per heavy atom. The fourth-order valence-corrected chi connectivity index (χ4v) is 5.70. The van der Waals surface area contributed by atoms with Gasteiger partial charge in [-0.1, -0.05) is 43.0 Å². The summed E-state index contributed by atoms with van der Waals surface area (Å²) in [6, 6.07) is 15.3. The highest BCUT2D eigenvalue weighted by Gasteiger charge is 2.54. The first-order valence-corrected chi connectivity index (χ1v) is 12.7. The quantitative estimate of drug-likeness (QED) is 0.682. The van der Waals surface area contributed by atoms with E-state index in [9.17, 15) is 9.59 Å². The van der Waals surface area contributed by atoms with Crippen molar-refractivity contribution in [2.24, 2.45) is 4.99 Å². The number of hydrogen-bond donors (Lipinski definition) is 1. The van der Waals surface area contributed by atoms with E-state index >= 15 is 0 Å². The third-order valence-corrected chi connectivity index (χ3v) is 7.55. The summed E-state index contributed by atoms with van der Waals surface area (Å²) >= 11 is 0. The highest BCUT2D eigenvalue weighted by atomic mass is 16.5. The van der Waals surface area contributed by atoms with Crippen LogP contribution in [-0.4, -0.2) is 54.5 Å². The Morgan fingerprint density at radius 2 is 1.86 bits per heavy atom. The molecule has 184 valence electrons. The molecule has 3 aliphatic rings. The SMILES string of the molecule is COc1cccc(N2C(=O)NC(=NC3CCCCC3)C23CCCN(C(=O)c2ccc(C)cc2)C3)c1. The van der Waals surface area contributed by atoms with Gasteiger partial charge in [-0.05, 0) is 56.9 Å². The summed E-state index contributed by atoms with van der Waals surface area (Å²) in [5.74, 6) is 1.39. The van der Waals surface area contributed by atoms with Crippen molar-refractivity contribution < 1.29 is 14.3 Å². The standard InChI is InChI=1S/C28H34N4O3/c1-20-12-14-21(15-13-20)25(33)31-17-7-16-28(19-31)26(29-22-8-4-3-5-9-22)30-27(34)32(28)23-10-6-11-24(18-23)35-2/h6,10-15,18,22H,3-5,7-9,16-17,19H2,1-2H3,(H,29,30,34). The molecule has 3 fully saturated rings. The summed E-state index contributed by atoms with van der Waals surface area (Å²) in [7, 11) is 1.62. The van der Waals surface area contributed by atoms with Crippen LogP contribution < -0.4 is 15.0 Å². The van der Waals surface area contributed by atoms with Crippen molar-refractivity contribution in [2.45, 2.75) is 63.5 Å². The van der Waals surface area contributed by atoms with Gasteiger partial charge >= 0.3 is 6.03 Å². The molecule has 35 heavy (non-hydrogen) atoms. The summed E-state index contributed by atoms with van der Waals surface area (Å²) in [6.07, 6.45) is 7.19. The van der Waals surface area contributed by atoms with Gasteiger partial charge < -0.3 is 9.64 Å². The van der Waals surface area contributed by atoms with Gasteiger partial charge in [-0.3, -0.25) is 20.0 Å². The molecule has 0 bridgehead atoms. The molecule has 2 aromatic carbocycles. The minimum atomic E-state index is -0.723. The van der Waals surface area contributed by atoms with E-state index < -0.39 is 5.54 Å². The summed E-state index contributed by atoms with van der Waals surface area (Å²) in [5.41, 5.74) is 1.82. The lowest BCUT2D eigenvalue weighted by atomic mass is 9.85. The molecule has 7 heteroatoms. The van der Waals surface area contributed by atoms with Crippen LogP contribution in [0, 0.1) is 6.92 Å². The number of methoxy groups -OCH3 is 1. The number of ether oxygens (including phenoxy) is 1. The lowest BCUT2D eigenvalue weighted by Crippen LogP contribution is -2.61. The molecule has 1 aliphatic carbocycles. The molecule has 2 aromatic rings. The van der Waals surface area contributed by atoms with Crippen molar-refractivity contribution in [3.63, 3.8) is 0 Å². The number of amidine groups is 1. The van der Waals surface area contributed by atoms with Crippen molar-refractivity contribution in [1.29, 1.82) is 0 Å². The predicted molar refractivity (Wildman–Crippen MR) is 137 cm³/mol. The number of aryl methyl sites for hydroxylation is 1. The number of carbonyl (C=O) groups excluding carboxylic acids is 2. The van der Waals surface area contributed by atoms with Crippen LogP contribution in [0.3, 0.4) is 0 Å². The van der Waals surface area contributed by atoms with Crippen LogP contribution in [0.15, 0.2) is 53.5 Å². The van der Waals surface area contributed by atoms with E-state index in [1.807, 2.05) is 65.3 Å². The lowest BCUT2D eigenvalue weighted by molar-refractivity contribution is 0.0686. The smallest absolute Gasteiger partial charge is 0.328 e. The minimum Gasteiger partial charge on any atom is -0.497 e. The molecule has 1 N–H and O–H groups in total. The zero-order valence-corrected chi connectivity index (χ0v) is 20.6. The van der Waals surface area contributed by atoms with Crippen LogP contribution in [0.5, 0.6) is 5.75 Å². The number of carbonyl (C=O) groups is 2. The molecule has 7 nitrogen and oxygen atoms in total. The van der Waals surface area contributed by atoms with Gasteiger partial charge in [-0.2, -0.15) is 0 Å². The zero-order valence-electron chi connectivity index (χ0n) is 20.6. The number of rotatable bonds is 4. The Morgan fingerprint density at radius 3 is 2.60 bits per heavy atom.